The molecule has 1 unspecified atom stereocenters. The minimum Gasteiger partial charge on any atom is -0.459 e. The molecular formula is C32H41IN6O8S4. The predicted octanol–water partition coefficient (Wildman–Crippen LogP) is 5.12. The Hall–Kier alpha value is -3.43. The van der Waals surface area contributed by atoms with Gasteiger partial charge in [-0.25, -0.2) is 4.21 Å². The Kier molecular flexibility index (Phi) is 25.2. The normalized spacial score (nSPS) is 12.2. The van der Waals surface area contributed by atoms with Crippen LogP contribution >= 0.6 is 57.9 Å². The second kappa shape index (κ2) is 28.2. The van der Waals surface area contributed by atoms with Crippen molar-refractivity contribution in [1.29, 1.82) is 0 Å². The third-order valence-corrected chi connectivity index (χ3v) is 8.68. The summed E-state index contributed by atoms with van der Waals surface area (Å²) in [6.45, 7) is 7.48. The van der Waals surface area contributed by atoms with Crippen molar-refractivity contribution < 1.29 is 32.6 Å². The number of alkyl halides is 1. The third-order valence-electron chi connectivity index (χ3n) is 5.60. The van der Waals surface area contributed by atoms with Gasteiger partial charge in [-0.2, -0.15) is 13.7 Å². The first-order chi connectivity index (χ1) is 24.6. The number of nitrogens with one attached hydrogen (secondary N) is 3. The number of aromatic amines is 1. The number of halogens is 1. The number of H-pyrrole nitrogens is 1. The van der Waals surface area contributed by atoms with E-state index < -0.39 is 9.80 Å². The van der Waals surface area contributed by atoms with E-state index in [1.807, 2.05) is 97.1 Å². The van der Waals surface area contributed by atoms with E-state index in [0.29, 0.717) is 27.8 Å². The van der Waals surface area contributed by atoms with Gasteiger partial charge in [0.2, 0.25) is 11.5 Å². The number of carbonyl (C=O) groups is 3. The molecule has 0 spiro atoms. The Morgan fingerprint density at radius 1 is 1.00 bits per heavy atom. The summed E-state index contributed by atoms with van der Waals surface area (Å²) in [6.07, 6.45) is 4.48. The average molecular weight is 893 g/mol. The van der Waals surface area contributed by atoms with Crippen LogP contribution in [0.1, 0.15) is 39.5 Å². The number of hydrogen-bond donors (Lipinski definition) is 4. The molecule has 5 rings (SSSR count). The summed E-state index contributed by atoms with van der Waals surface area (Å²) in [5.74, 6) is 1.26. The molecule has 0 aliphatic carbocycles. The second-order valence-electron chi connectivity index (χ2n) is 9.75. The second-order valence-corrected chi connectivity index (χ2v) is 14.0. The number of rotatable bonds is 11. The molecule has 4 N–H and O–H groups in total. The molecule has 0 saturated carbocycles. The summed E-state index contributed by atoms with van der Waals surface area (Å²) < 4.78 is 38.4. The van der Waals surface area contributed by atoms with Crippen molar-refractivity contribution in [1.82, 2.24) is 29.3 Å². The maximum atomic E-state index is 11.4. The first kappa shape index (κ1) is 45.6. The van der Waals surface area contributed by atoms with Gasteiger partial charge in [-0.05, 0) is 37.9 Å². The quantitative estimate of drug-likeness (QED) is 0.0671. The number of aromatic nitrogens is 4. The zero-order valence-electron chi connectivity index (χ0n) is 28.1. The zero-order chi connectivity index (χ0) is 37.7. The van der Waals surface area contributed by atoms with Crippen molar-refractivity contribution in [3.63, 3.8) is 0 Å². The van der Waals surface area contributed by atoms with Gasteiger partial charge in [0, 0.05) is 64.8 Å². The lowest BCUT2D eigenvalue weighted by Crippen LogP contribution is -2.29. The molecule has 1 fully saturated rings. The van der Waals surface area contributed by atoms with Gasteiger partial charge in [0.1, 0.15) is 0 Å². The number of carbonyl (C=O) groups excluding carboxylic acids is 3. The summed E-state index contributed by atoms with van der Waals surface area (Å²) in [6, 6.07) is 19.2. The molecule has 0 radical (unpaired) electrons. The molecule has 4 aromatic rings. The van der Waals surface area contributed by atoms with Crippen molar-refractivity contribution >= 4 is 89.4 Å². The fourth-order valence-electron chi connectivity index (χ4n) is 3.21. The van der Waals surface area contributed by atoms with Gasteiger partial charge in [0.15, 0.2) is 28.1 Å². The predicted molar refractivity (Wildman–Crippen MR) is 215 cm³/mol. The van der Waals surface area contributed by atoms with Gasteiger partial charge in [-0.1, -0.05) is 97.1 Å². The molecule has 1 atom stereocenters. The number of benzene rings is 2. The number of amides is 2. The molecule has 3 heterocycles. The van der Waals surface area contributed by atoms with Gasteiger partial charge >= 0.3 is 4.87 Å². The van der Waals surface area contributed by atoms with Crippen LogP contribution in [0, 0.1) is 0 Å². The molecule has 1 saturated heterocycles. The highest BCUT2D eigenvalue weighted by molar-refractivity contribution is 14.1. The van der Waals surface area contributed by atoms with Crippen LogP contribution < -0.4 is 20.2 Å². The van der Waals surface area contributed by atoms with E-state index >= 15 is 0 Å². The fraction of sp³-hybridized carbons (Fsp3) is 0.375. The molecule has 1 aliphatic heterocycles. The van der Waals surface area contributed by atoms with Gasteiger partial charge in [0.05, 0.1) is 4.43 Å². The van der Waals surface area contributed by atoms with Crippen LogP contribution in [0.5, 0.6) is 5.19 Å². The molecule has 278 valence electrons. The van der Waals surface area contributed by atoms with E-state index in [1.54, 1.807) is 0 Å². The van der Waals surface area contributed by atoms with E-state index in [4.69, 9.17) is 14.0 Å². The van der Waals surface area contributed by atoms with Crippen LogP contribution in [-0.2, 0) is 28.9 Å². The van der Waals surface area contributed by atoms with E-state index in [2.05, 4.69) is 41.6 Å². The van der Waals surface area contributed by atoms with Crippen LogP contribution in [0.25, 0.3) is 22.8 Å². The Morgan fingerprint density at radius 3 is 2.00 bits per heavy atom. The monoisotopic (exact) mass is 892 g/mol. The maximum absolute atomic E-state index is 11.4. The summed E-state index contributed by atoms with van der Waals surface area (Å²) in [7, 11) is -3.52. The Bertz CT molecular complexity index is 1750. The molecule has 2 aromatic carbocycles. The molecule has 14 nitrogen and oxygen atoms in total. The highest BCUT2D eigenvalue weighted by atomic mass is 127. The number of ether oxygens (including phenoxy) is 2. The minimum absolute atomic E-state index is 0.0244. The first-order valence-corrected chi connectivity index (χ1v) is 20.6. The lowest BCUT2D eigenvalue weighted by molar-refractivity contribution is -0.123. The molecule has 51 heavy (non-hydrogen) atoms. The molecule has 19 heteroatoms. The Labute approximate surface area is 324 Å². The first-order valence-electron chi connectivity index (χ1n) is 15.5. The van der Waals surface area contributed by atoms with Crippen molar-refractivity contribution in [2.75, 3.05) is 37.3 Å². The Balaban J connectivity index is 0.000000348. The Morgan fingerprint density at radius 2 is 1.57 bits per heavy atom. The molecule has 1 aliphatic rings. The summed E-state index contributed by atoms with van der Waals surface area (Å²) in [4.78, 5) is 48.8. The molecule has 2 amide bonds. The summed E-state index contributed by atoms with van der Waals surface area (Å²) in [5, 5.41) is 5.88. The van der Waals surface area contributed by atoms with Crippen molar-refractivity contribution in [3.05, 3.63) is 70.3 Å². The molecular weight excluding hydrogens is 852 g/mol. The largest absolute Gasteiger partial charge is 0.459 e. The number of nitrogens with zero attached hydrogens (tertiary/aromatic N) is 3. The number of thiocarbonyl (C=S) groups is 1. The molecule has 0 bridgehead atoms. The maximum Gasteiger partial charge on any atom is 0.323 e. The topological polar surface area (TPSA) is 203 Å². The van der Waals surface area contributed by atoms with Crippen LogP contribution in [0.2, 0.25) is 0 Å². The minimum atomic E-state index is -3.52. The van der Waals surface area contributed by atoms with E-state index in [1.165, 1.54) is 17.2 Å². The standard InChI is InChI=1S/C13H15N3O2S.C8H6N2OS.C5H10INO.C4H8O.C2H2O3S2/c1-2-8-14-11(17)9-18-13-15-12(16-19-13)10-6-4-3-5-7-10;11-8-9-7(10-12-8)6-4-2-1-3-5-6;1-2-3-7-5(8)4-6;1-2-4-5-3-1;3-1-7(4,5)2-6/h3-7H,2,8-9H2,1H3,(H,14,17);1-5H,(H,9,10,11);2-4H2,1H3,(H,7,8);1-4H2;1H,(H,4,5). The lowest BCUT2D eigenvalue weighted by Gasteiger charge is -2.02. The summed E-state index contributed by atoms with van der Waals surface area (Å²) >= 11 is 8.01. The molecule has 2 aromatic heterocycles. The fourth-order valence-corrected chi connectivity index (χ4v) is 4.65. The average Bonchev–Trinajstić information content (AvgIpc) is 3.99. The van der Waals surface area contributed by atoms with Crippen molar-refractivity contribution in [3.8, 4) is 28.0 Å². The van der Waals surface area contributed by atoms with Gasteiger partial charge < -0.3 is 24.7 Å². The third kappa shape index (κ3) is 22.2. The van der Waals surface area contributed by atoms with Crippen molar-refractivity contribution in [2.24, 2.45) is 0 Å². The van der Waals surface area contributed by atoms with Crippen LogP contribution in [0.3, 0.4) is 0 Å². The van der Waals surface area contributed by atoms with E-state index in [9.17, 15) is 23.4 Å². The van der Waals surface area contributed by atoms with Crippen molar-refractivity contribution in [2.45, 2.75) is 39.5 Å². The van der Waals surface area contributed by atoms with Gasteiger partial charge in [-0.3, -0.25) is 24.2 Å². The highest BCUT2D eigenvalue weighted by Gasteiger charge is 2.09. The SMILES string of the molecule is C1CCOC1.CCCNC(=O)CI.CCCNC(=O)COc1nc(-c2ccccc2)ns1.O=CS(=O)(O)=C=S.O=c1[nH]c(-c2ccccc2)ns1. The van der Waals surface area contributed by atoms with Gasteiger partial charge in [-0.15, -0.1) is 0 Å². The zero-order valence-corrected chi connectivity index (χ0v) is 33.5. The van der Waals surface area contributed by atoms with Gasteiger partial charge in [0.25, 0.3) is 11.1 Å². The van der Waals surface area contributed by atoms with Crippen LogP contribution in [0.15, 0.2) is 65.5 Å². The van der Waals surface area contributed by atoms with Crippen LogP contribution in [0.4, 0.5) is 0 Å². The summed E-state index contributed by atoms with van der Waals surface area (Å²) in [5.41, 5.74) is 1.74. The lowest BCUT2D eigenvalue weighted by atomic mass is 10.2. The smallest absolute Gasteiger partial charge is 0.323 e. The number of hydrogen-bond acceptors (Lipinski definition) is 13. The van der Waals surface area contributed by atoms with E-state index in [-0.39, 0.29) is 28.9 Å². The van der Waals surface area contributed by atoms with Crippen LogP contribution in [-0.4, -0.2) is 86.6 Å². The van der Waals surface area contributed by atoms with E-state index in [0.717, 1.165) is 66.8 Å². The highest BCUT2D eigenvalue weighted by Crippen LogP contribution is 2.22.